The van der Waals surface area contributed by atoms with Crippen molar-refractivity contribution in [2.75, 3.05) is 17.8 Å². The van der Waals surface area contributed by atoms with E-state index in [4.69, 9.17) is 4.52 Å². The van der Waals surface area contributed by atoms with Gasteiger partial charge < -0.3 is 14.0 Å². The second-order valence-electron chi connectivity index (χ2n) is 8.01. The number of nitrogens with zero attached hydrogens (tertiary/aromatic N) is 4. The fourth-order valence-corrected chi connectivity index (χ4v) is 5.71. The number of anilines is 1. The number of aryl methyl sites for hydroxylation is 3. The highest BCUT2D eigenvalue weighted by Gasteiger charge is 2.27. The van der Waals surface area contributed by atoms with Gasteiger partial charge in [0, 0.05) is 32.4 Å². The SMILES string of the molecule is Cc1cc(NS(=O)(=O)c2cc(-c3nc(C)c(C(=O)N4CCC(C)CC4)s3)n(C)c2)no1. The molecule has 1 saturated heterocycles. The van der Waals surface area contributed by atoms with Gasteiger partial charge in [-0.3, -0.25) is 9.52 Å². The van der Waals surface area contributed by atoms with E-state index in [9.17, 15) is 13.2 Å². The van der Waals surface area contributed by atoms with Crippen molar-refractivity contribution in [3.8, 4) is 10.7 Å². The third kappa shape index (κ3) is 4.38. The number of carbonyl (C=O) groups is 1. The zero-order valence-corrected chi connectivity index (χ0v) is 19.5. The van der Waals surface area contributed by atoms with E-state index < -0.39 is 10.0 Å². The van der Waals surface area contributed by atoms with E-state index in [0.29, 0.717) is 33.0 Å². The van der Waals surface area contributed by atoms with Gasteiger partial charge >= 0.3 is 0 Å². The largest absolute Gasteiger partial charge is 0.360 e. The minimum Gasteiger partial charge on any atom is -0.360 e. The van der Waals surface area contributed by atoms with Crippen LogP contribution in [0.5, 0.6) is 0 Å². The van der Waals surface area contributed by atoms with Crippen LogP contribution in [-0.4, -0.2) is 47.0 Å². The second kappa shape index (κ2) is 8.12. The Balaban J connectivity index is 1.59. The van der Waals surface area contributed by atoms with Gasteiger partial charge in [-0.2, -0.15) is 0 Å². The van der Waals surface area contributed by atoms with Crippen LogP contribution in [0.25, 0.3) is 10.7 Å². The molecule has 0 unspecified atom stereocenters. The number of likely N-dealkylation sites (tertiary alicyclic amines) is 1. The number of aromatic nitrogens is 3. The van der Waals surface area contributed by atoms with E-state index >= 15 is 0 Å². The topological polar surface area (TPSA) is 110 Å². The highest BCUT2D eigenvalue weighted by Crippen LogP contribution is 2.32. The summed E-state index contributed by atoms with van der Waals surface area (Å²) in [6.07, 6.45) is 3.52. The van der Waals surface area contributed by atoms with Gasteiger partial charge in [0.15, 0.2) is 5.82 Å². The van der Waals surface area contributed by atoms with Crippen molar-refractivity contribution in [2.24, 2.45) is 13.0 Å². The number of sulfonamides is 1. The Hall–Kier alpha value is -2.66. The summed E-state index contributed by atoms with van der Waals surface area (Å²) in [5.74, 6) is 1.26. The molecule has 1 aliphatic heterocycles. The number of hydrogen-bond acceptors (Lipinski definition) is 7. The quantitative estimate of drug-likeness (QED) is 0.621. The molecular formula is C20H25N5O4S2. The van der Waals surface area contributed by atoms with E-state index in [1.54, 1.807) is 24.6 Å². The first-order valence-corrected chi connectivity index (χ1v) is 12.3. The molecule has 0 spiro atoms. The third-order valence-corrected chi connectivity index (χ3v) is 7.93. The maximum atomic E-state index is 13.0. The number of nitrogens with one attached hydrogen (secondary N) is 1. The lowest BCUT2D eigenvalue weighted by Gasteiger charge is -2.30. The fraction of sp³-hybridized carbons (Fsp3) is 0.450. The Morgan fingerprint density at radius 1 is 1.26 bits per heavy atom. The number of amides is 1. The van der Waals surface area contributed by atoms with Crippen LogP contribution in [0, 0.1) is 19.8 Å². The lowest BCUT2D eigenvalue weighted by molar-refractivity contribution is 0.0701. The van der Waals surface area contributed by atoms with Crippen molar-refractivity contribution in [1.29, 1.82) is 0 Å². The van der Waals surface area contributed by atoms with Gasteiger partial charge in [0.1, 0.15) is 20.5 Å². The maximum absolute atomic E-state index is 13.0. The molecule has 3 aromatic heterocycles. The summed E-state index contributed by atoms with van der Waals surface area (Å²) in [6, 6.07) is 3.05. The molecule has 0 bridgehead atoms. The molecule has 0 aromatic carbocycles. The average Bonchev–Trinajstić information content (AvgIpc) is 3.40. The Morgan fingerprint density at radius 2 is 1.97 bits per heavy atom. The zero-order valence-electron chi connectivity index (χ0n) is 17.9. The van der Waals surface area contributed by atoms with Crippen LogP contribution < -0.4 is 4.72 Å². The summed E-state index contributed by atoms with van der Waals surface area (Å²) in [4.78, 5) is 20.1. The Bertz CT molecular complexity index is 1220. The van der Waals surface area contributed by atoms with Crippen LogP contribution in [0.2, 0.25) is 0 Å². The highest BCUT2D eigenvalue weighted by atomic mass is 32.2. The van der Waals surface area contributed by atoms with Crippen molar-refractivity contribution in [3.05, 3.63) is 34.7 Å². The molecule has 11 heteroatoms. The molecule has 1 N–H and O–H groups in total. The number of thiazole rings is 1. The summed E-state index contributed by atoms with van der Waals surface area (Å²) in [5.41, 5.74) is 1.28. The van der Waals surface area contributed by atoms with E-state index in [0.717, 1.165) is 25.9 Å². The van der Waals surface area contributed by atoms with Crippen LogP contribution in [0.15, 0.2) is 27.7 Å². The lowest BCUT2D eigenvalue weighted by atomic mass is 9.99. The molecular weight excluding hydrogens is 438 g/mol. The van der Waals surface area contributed by atoms with Crippen LogP contribution in [-0.2, 0) is 17.1 Å². The van der Waals surface area contributed by atoms with Gasteiger partial charge in [0.2, 0.25) is 0 Å². The van der Waals surface area contributed by atoms with Crippen molar-refractivity contribution >= 4 is 33.1 Å². The van der Waals surface area contributed by atoms with Gasteiger partial charge in [-0.25, -0.2) is 13.4 Å². The Kier molecular flexibility index (Phi) is 5.65. The number of carbonyl (C=O) groups excluding carboxylic acids is 1. The zero-order chi connectivity index (χ0) is 22.3. The number of hydrogen-bond donors (Lipinski definition) is 1. The highest BCUT2D eigenvalue weighted by molar-refractivity contribution is 7.92. The minimum atomic E-state index is -3.84. The summed E-state index contributed by atoms with van der Waals surface area (Å²) >= 11 is 1.29. The van der Waals surface area contributed by atoms with E-state index in [2.05, 4.69) is 21.8 Å². The predicted molar refractivity (Wildman–Crippen MR) is 118 cm³/mol. The summed E-state index contributed by atoms with van der Waals surface area (Å²) in [5, 5.41) is 4.28. The van der Waals surface area contributed by atoms with Crippen LogP contribution in [0.3, 0.4) is 0 Å². The number of piperidine rings is 1. The fourth-order valence-electron chi connectivity index (χ4n) is 3.56. The van der Waals surface area contributed by atoms with Crippen molar-refractivity contribution in [3.63, 3.8) is 0 Å². The molecule has 0 radical (unpaired) electrons. The van der Waals surface area contributed by atoms with Gasteiger partial charge in [-0.15, -0.1) is 11.3 Å². The molecule has 166 valence electrons. The van der Waals surface area contributed by atoms with E-state index in [1.807, 2.05) is 11.8 Å². The molecule has 4 rings (SSSR count). The molecule has 1 aliphatic rings. The maximum Gasteiger partial charge on any atom is 0.265 e. The second-order valence-corrected chi connectivity index (χ2v) is 10.7. The molecule has 1 fully saturated rings. The Labute approximate surface area is 185 Å². The Morgan fingerprint density at radius 3 is 2.61 bits per heavy atom. The molecule has 1 amide bonds. The normalized spacial score (nSPS) is 15.4. The predicted octanol–water partition coefficient (Wildman–Crippen LogP) is 3.43. The summed E-state index contributed by atoms with van der Waals surface area (Å²) in [6.45, 7) is 7.21. The lowest BCUT2D eigenvalue weighted by Crippen LogP contribution is -2.37. The smallest absolute Gasteiger partial charge is 0.265 e. The van der Waals surface area contributed by atoms with Crippen molar-refractivity contribution in [1.82, 2.24) is 19.6 Å². The standard InChI is InChI=1S/C20H25N5O4S2/c1-12-5-7-25(8-6-12)20(26)18-14(3)21-19(30-18)16-10-15(11-24(16)4)31(27,28)23-17-9-13(2)29-22-17/h9-12H,5-8H2,1-4H3,(H,22,23). The van der Waals surface area contributed by atoms with Crippen molar-refractivity contribution < 1.29 is 17.7 Å². The third-order valence-electron chi connectivity index (χ3n) is 5.44. The average molecular weight is 464 g/mol. The molecule has 0 aliphatic carbocycles. The first-order valence-electron chi connectivity index (χ1n) is 10.0. The summed E-state index contributed by atoms with van der Waals surface area (Å²) in [7, 11) is -2.09. The summed E-state index contributed by atoms with van der Waals surface area (Å²) < 4.78 is 34.5. The van der Waals surface area contributed by atoms with E-state index in [1.165, 1.54) is 23.6 Å². The van der Waals surface area contributed by atoms with Crippen LogP contribution in [0.1, 0.15) is 40.9 Å². The molecule has 3 aromatic rings. The number of rotatable bonds is 5. The first kappa shape index (κ1) is 21.6. The first-order chi connectivity index (χ1) is 14.6. The molecule has 0 atom stereocenters. The van der Waals surface area contributed by atoms with Gasteiger partial charge in [0.25, 0.3) is 15.9 Å². The minimum absolute atomic E-state index is 0.00160. The van der Waals surface area contributed by atoms with Gasteiger partial charge in [0.05, 0.1) is 11.4 Å². The molecule has 9 nitrogen and oxygen atoms in total. The monoisotopic (exact) mass is 463 g/mol. The molecule has 31 heavy (non-hydrogen) atoms. The van der Waals surface area contributed by atoms with Crippen LogP contribution >= 0.6 is 11.3 Å². The molecule has 4 heterocycles. The van der Waals surface area contributed by atoms with Gasteiger partial charge in [-0.1, -0.05) is 12.1 Å². The van der Waals surface area contributed by atoms with Gasteiger partial charge in [-0.05, 0) is 38.7 Å². The van der Waals surface area contributed by atoms with Crippen molar-refractivity contribution in [2.45, 2.75) is 38.5 Å². The van der Waals surface area contributed by atoms with Crippen LogP contribution in [0.4, 0.5) is 5.82 Å². The molecule has 0 saturated carbocycles. The van der Waals surface area contributed by atoms with E-state index in [-0.39, 0.29) is 16.6 Å².